The van der Waals surface area contributed by atoms with Gasteiger partial charge in [-0.2, -0.15) is 0 Å². The molecule has 0 spiro atoms. The van der Waals surface area contributed by atoms with Crippen molar-refractivity contribution in [3.8, 4) is 0 Å². The van der Waals surface area contributed by atoms with Gasteiger partial charge in [-0.25, -0.2) is 0 Å². The first kappa shape index (κ1) is 58.9. The summed E-state index contributed by atoms with van der Waals surface area (Å²) in [6, 6.07) is 7.72. The summed E-state index contributed by atoms with van der Waals surface area (Å²) >= 11 is 0. The fraction of sp³-hybridized carbons (Fsp3) is 1.00. The SMILES string of the molecule is C[Si](C)(C)CC[Si](C)(C)O[Si](C)(C)CCCOCC(O)CN1CCN(CCO)CC1.C[Si](C)(C)CC[Si](C)(C)O[Si](C)(C)CCCOCC1CO1.OCCN1CCCCC1. The summed E-state index contributed by atoms with van der Waals surface area (Å²) in [7, 11) is -8.20. The number of likely N-dealkylation sites (tertiary alicyclic amines) is 1. The molecule has 0 aliphatic carbocycles. The zero-order valence-electron chi connectivity index (χ0n) is 42.0. The maximum Gasteiger partial charge on any atom is 0.173 e. The molecule has 0 radical (unpaired) electrons. The smallest absolute Gasteiger partial charge is 0.173 e. The van der Waals surface area contributed by atoms with Gasteiger partial charge in [0.15, 0.2) is 33.3 Å². The maximum atomic E-state index is 10.3. The minimum atomic E-state index is -1.66. The average Bonchev–Trinajstić information content (AvgIpc) is 3.95. The number of hydrogen-bond acceptors (Lipinski definition) is 11. The van der Waals surface area contributed by atoms with Crippen LogP contribution < -0.4 is 0 Å². The second-order valence-corrected chi connectivity index (χ2v) is 51.8. The Labute approximate surface area is 377 Å². The van der Waals surface area contributed by atoms with E-state index in [0.717, 1.165) is 78.0 Å². The highest BCUT2D eigenvalue weighted by atomic mass is 28.4. The third-order valence-corrected chi connectivity index (χ3v) is 30.8. The van der Waals surface area contributed by atoms with Crippen LogP contribution in [0.2, 0.25) is 128 Å². The third-order valence-electron chi connectivity index (χ3n) is 11.4. The Morgan fingerprint density at radius 2 is 0.933 bits per heavy atom. The summed E-state index contributed by atoms with van der Waals surface area (Å²) in [4.78, 5) is 6.88. The van der Waals surface area contributed by atoms with Crippen LogP contribution in [0.5, 0.6) is 0 Å². The quantitative estimate of drug-likeness (QED) is 0.0401. The minimum Gasteiger partial charge on any atom is -0.456 e. The second kappa shape index (κ2) is 29.5. The molecule has 0 aromatic heterocycles. The number of hydrogen-bond donors (Lipinski definition) is 3. The highest BCUT2D eigenvalue weighted by molar-refractivity contribution is 6.87. The topological polar surface area (TPSA) is 120 Å². The van der Waals surface area contributed by atoms with E-state index in [9.17, 15) is 5.11 Å². The lowest BCUT2D eigenvalue weighted by Gasteiger charge is -2.35. The lowest BCUT2D eigenvalue weighted by molar-refractivity contribution is 0.00617. The maximum absolute atomic E-state index is 10.3. The number of rotatable bonds is 28. The van der Waals surface area contributed by atoms with Crippen molar-refractivity contribution in [2.75, 3.05) is 105 Å². The Bertz CT molecular complexity index is 1080. The number of piperazine rings is 1. The molecular weight excluding hydrogens is 855 g/mol. The number of aliphatic hydroxyl groups excluding tert-OH is 3. The van der Waals surface area contributed by atoms with E-state index < -0.39 is 55.5 Å². The first-order chi connectivity index (χ1) is 27.7. The highest BCUT2D eigenvalue weighted by Crippen LogP contribution is 2.28. The predicted molar refractivity (Wildman–Crippen MR) is 272 cm³/mol. The Kier molecular flexibility index (Phi) is 28.9. The standard InChI is InChI=1S/C21H50N2O4Si3.C15H36O3Si3.C7H15NO/c1-28(2,3)17-18-30(6,7)27-29(4,5)16-8-15-26-20-21(25)19-23-11-9-22(10-12-23)13-14-24;1-19(2,3)11-12-21(6,7)18-20(4,5)10-8-9-16-13-15-14-17-15;9-7-6-8-4-2-1-3-5-8/h21,24-25H,8-20H2,1-7H3;15H,8-14H2,1-7H3;9H,1-7H2. The van der Waals surface area contributed by atoms with Gasteiger partial charge in [-0.3, -0.25) is 9.80 Å². The van der Waals surface area contributed by atoms with E-state index in [1.54, 1.807) is 0 Å². The van der Waals surface area contributed by atoms with Crippen LogP contribution in [0, 0.1) is 0 Å². The number of ether oxygens (including phenoxy) is 3. The number of epoxide rings is 1. The molecule has 3 fully saturated rings. The van der Waals surface area contributed by atoms with E-state index in [1.807, 2.05) is 0 Å². The molecule has 0 amide bonds. The molecule has 0 bridgehead atoms. The van der Waals surface area contributed by atoms with E-state index in [-0.39, 0.29) is 6.61 Å². The van der Waals surface area contributed by atoms with Gasteiger partial charge in [-0.05, 0) is 115 Å². The van der Waals surface area contributed by atoms with Crippen LogP contribution in [0.15, 0.2) is 0 Å². The normalized spacial score (nSPS) is 19.6. The van der Waals surface area contributed by atoms with Crippen LogP contribution in [-0.4, -0.2) is 197 Å². The fourth-order valence-electron chi connectivity index (χ4n) is 7.86. The molecule has 3 saturated heterocycles. The van der Waals surface area contributed by atoms with Crippen molar-refractivity contribution in [1.29, 1.82) is 0 Å². The molecule has 360 valence electrons. The molecule has 0 aromatic carbocycles. The van der Waals surface area contributed by atoms with E-state index in [2.05, 4.69) is 106 Å². The summed E-state index contributed by atoms with van der Waals surface area (Å²) in [5, 5.41) is 27.9. The molecule has 17 heteroatoms. The van der Waals surface area contributed by atoms with Crippen LogP contribution in [0.3, 0.4) is 0 Å². The molecule has 11 nitrogen and oxygen atoms in total. The summed E-state index contributed by atoms with van der Waals surface area (Å²) < 4.78 is 30.0. The molecule has 3 rings (SSSR count). The number of β-amino-alcohol motifs (C(OH)–C–C–N with tert-alkyl or cyclic N) is 3. The van der Waals surface area contributed by atoms with Gasteiger partial charge >= 0.3 is 0 Å². The van der Waals surface area contributed by atoms with Crippen molar-refractivity contribution >= 4 is 49.4 Å². The van der Waals surface area contributed by atoms with Crippen LogP contribution in [-0.2, 0) is 22.4 Å². The van der Waals surface area contributed by atoms with Gasteiger partial charge in [0.1, 0.15) is 6.10 Å². The van der Waals surface area contributed by atoms with Crippen LogP contribution in [0.1, 0.15) is 32.1 Å². The Balaban J connectivity index is 0.000000514. The van der Waals surface area contributed by atoms with E-state index in [1.165, 1.54) is 62.6 Å². The van der Waals surface area contributed by atoms with Gasteiger partial charge in [-0.1, -0.05) is 57.8 Å². The van der Waals surface area contributed by atoms with Gasteiger partial charge in [-0.15, -0.1) is 0 Å². The van der Waals surface area contributed by atoms with Gasteiger partial charge < -0.3 is 42.7 Å². The highest BCUT2D eigenvalue weighted by Gasteiger charge is 2.35. The lowest BCUT2D eigenvalue weighted by atomic mass is 10.1. The first-order valence-corrected chi connectivity index (χ1v) is 43.9. The van der Waals surface area contributed by atoms with Crippen molar-refractivity contribution in [1.82, 2.24) is 14.7 Å². The Hall–Kier alpha value is 0.861. The molecule has 3 aliphatic rings. The molecule has 3 heterocycles. The van der Waals surface area contributed by atoms with E-state index in [0.29, 0.717) is 32.5 Å². The zero-order chi connectivity index (χ0) is 45.5. The van der Waals surface area contributed by atoms with Gasteiger partial charge in [0, 0.05) is 75.2 Å². The second-order valence-electron chi connectivity index (χ2n) is 22.8. The number of aliphatic hydroxyl groups is 3. The first-order valence-electron chi connectivity index (χ1n) is 24.0. The Morgan fingerprint density at radius 1 is 0.533 bits per heavy atom. The molecule has 2 unspecified atom stereocenters. The van der Waals surface area contributed by atoms with Crippen molar-refractivity contribution in [2.45, 2.75) is 172 Å². The van der Waals surface area contributed by atoms with Gasteiger partial charge in [0.2, 0.25) is 0 Å². The van der Waals surface area contributed by atoms with Crippen molar-refractivity contribution < 1.29 is 37.8 Å². The molecular formula is C43H101N3O8Si6. The largest absolute Gasteiger partial charge is 0.456 e. The fourth-order valence-corrected chi connectivity index (χ4v) is 34.3. The molecule has 0 aromatic rings. The van der Waals surface area contributed by atoms with Crippen LogP contribution >= 0.6 is 0 Å². The van der Waals surface area contributed by atoms with Crippen LogP contribution in [0.4, 0.5) is 0 Å². The van der Waals surface area contributed by atoms with Crippen molar-refractivity contribution in [3.63, 3.8) is 0 Å². The van der Waals surface area contributed by atoms with Gasteiger partial charge in [0.05, 0.1) is 39.1 Å². The summed E-state index contributed by atoms with van der Waals surface area (Å²) in [5.41, 5.74) is 0. The number of piperidine rings is 1. The van der Waals surface area contributed by atoms with Gasteiger partial charge in [0.25, 0.3) is 0 Å². The molecule has 60 heavy (non-hydrogen) atoms. The zero-order valence-corrected chi connectivity index (χ0v) is 48.0. The van der Waals surface area contributed by atoms with Crippen molar-refractivity contribution in [2.24, 2.45) is 0 Å². The van der Waals surface area contributed by atoms with E-state index in [4.69, 9.17) is 32.7 Å². The molecule has 3 aliphatic heterocycles. The monoisotopic (exact) mass is 956 g/mol. The molecule has 3 N–H and O–H groups in total. The summed E-state index contributed by atoms with van der Waals surface area (Å²) in [6.07, 6.45) is 6.12. The van der Waals surface area contributed by atoms with Crippen LogP contribution in [0.25, 0.3) is 0 Å². The minimum absolute atomic E-state index is 0.222. The molecule has 2 atom stereocenters. The Morgan fingerprint density at radius 3 is 1.35 bits per heavy atom. The average molecular weight is 957 g/mol. The lowest BCUT2D eigenvalue weighted by Crippen LogP contribution is -2.49. The molecule has 0 saturated carbocycles. The predicted octanol–water partition coefficient (Wildman–Crippen LogP) is 8.15. The number of nitrogens with zero attached hydrogens (tertiary/aromatic N) is 3. The summed E-state index contributed by atoms with van der Waals surface area (Å²) in [5.74, 6) is 0. The van der Waals surface area contributed by atoms with E-state index >= 15 is 0 Å². The summed E-state index contributed by atoms with van der Waals surface area (Å²) in [6.45, 7) is 46.5. The third kappa shape index (κ3) is 34.2. The van der Waals surface area contributed by atoms with Crippen molar-refractivity contribution in [3.05, 3.63) is 0 Å².